The van der Waals surface area contributed by atoms with Crippen molar-refractivity contribution < 1.29 is 4.79 Å². The highest BCUT2D eigenvalue weighted by Crippen LogP contribution is 2.19. The Balaban J connectivity index is 1.79. The van der Waals surface area contributed by atoms with Gasteiger partial charge in [-0.3, -0.25) is 14.8 Å². The molecule has 5 nitrogen and oxygen atoms in total. The number of aromatic amines is 1. The summed E-state index contributed by atoms with van der Waals surface area (Å²) in [5.41, 5.74) is 2.47. The average Bonchev–Trinajstić information content (AvgIpc) is 2.92. The lowest BCUT2D eigenvalue weighted by Crippen LogP contribution is -2.26. The summed E-state index contributed by atoms with van der Waals surface area (Å²) >= 11 is 0. The van der Waals surface area contributed by atoms with E-state index in [1.54, 1.807) is 36.9 Å². The average molecular weight is 266 g/mol. The maximum absolute atomic E-state index is 12.1. The number of carbonyl (C=O) groups excluding carboxylic acids is 1. The van der Waals surface area contributed by atoms with Gasteiger partial charge in [-0.1, -0.05) is 0 Å². The second kappa shape index (κ2) is 5.13. The second-order valence-corrected chi connectivity index (χ2v) is 4.62. The molecule has 0 aromatic carbocycles. The maximum Gasteiger partial charge on any atom is 0.253 e. The summed E-state index contributed by atoms with van der Waals surface area (Å²) in [5.74, 6) is -0.137. The fourth-order valence-electron chi connectivity index (χ4n) is 2.08. The van der Waals surface area contributed by atoms with E-state index < -0.39 is 0 Å². The number of hydrogen-bond acceptors (Lipinski definition) is 3. The summed E-state index contributed by atoms with van der Waals surface area (Å²) in [6, 6.07) is 7.32. The van der Waals surface area contributed by atoms with Gasteiger partial charge in [0.05, 0.1) is 23.3 Å². The number of hydrogen-bond donors (Lipinski definition) is 2. The predicted octanol–water partition coefficient (Wildman–Crippen LogP) is 2.45. The number of H-pyrrole nitrogens is 1. The summed E-state index contributed by atoms with van der Waals surface area (Å²) in [6.45, 7) is 1.94. The molecule has 0 bridgehead atoms. The van der Waals surface area contributed by atoms with E-state index in [0.717, 1.165) is 16.6 Å². The smallest absolute Gasteiger partial charge is 0.253 e. The van der Waals surface area contributed by atoms with E-state index in [-0.39, 0.29) is 11.9 Å². The van der Waals surface area contributed by atoms with Gasteiger partial charge in [-0.2, -0.15) is 0 Å². The molecule has 2 N–H and O–H groups in total. The normalized spacial score (nSPS) is 12.2. The lowest BCUT2D eigenvalue weighted by atomic mass is 10.2. The van der Waals surface area contributed by atoms with Crippen molar-refractivity contribution in [3.8, 4) is 0 Å². The van der Waals surface area contributed by atoms with Crippen molar-refractivity contribution in [2.45, 2.75) is 13.0 Å². The van der Waals surface area contributed by atoms with Gasteiger partial charge >= 0.3 is 0 Å². The predicted molar refractivity (Wildman–Crippen MR) is 76.2 cm³/mol. The molecule has 0 aliphatic heterocycles. The fraction of sp³-hybridized carbons (Fsp3) is 0.133. The maximum atomic E-state index is 12.1. The van der Waals surface area contributed by atoms with Crippen LogP contribution in [0.5, 0.6) is 0 Å². The van der Waals surface area contributed by atoms with E-state index in [9.17, 15) is 4.79 Å². The van der Waals surface area contributed by atoms with Gasteiger partial charge in [0.25, 0.3) is 5.91 Å². The molecule has 5 heteroatoms. The standard InChI is InChI=1S/C15H14N4O/c1-10(18-15(20)12-3-2-5-16-8-12)13-7-11-4-6-17-9-14(11)19-13/h2-10,19H,1H3,(H,18,20)/t10-/m0/s1. The first-order valence-corrected chi connectivity index (χ1v) is 6.37. The van der Waals surface area contributed by atoms with Crippen molar-refractivity contribution in [2.75, 3.05) is 0 Å². The van der Waals surface area contributed by atoms with Crippen LogP contribution in [0.3, 0.4) is 0 Å². The Bertz CT molecular complexity index is 703. The Labute approximate surface area is 116 Å². The van der Waals surface area contributed by atoms with Gasteiger partial charge in [0, 0.05) is 29.7 Å². The van der Waals surface area contributed by atoms with Gasteiger partial charge in [0.15, 0.2) is 0 Å². The molecule has 20 heavy (non-hydrogen) atoms. The van der Waals surface area contributed by atoms with Crippen molar-refractivity contribution in [1.82, 2.24) is 20.3 Å². The highest BCUT2D eigenvalue weighted by atomic mass is 16.1. The third-order valence-corrected chi connectivity index (χ3v) is 3.18. The van der Waals surface area contributed by atoms with Crippen molar-refractivity contribution in [3.05, 3.63) is 60.3 Å². The summed E-state index contributed by atoms with van der Waals surface area (Å²) in [7, 11) is 0. The van der Waals surface area contributed by atoms with Crippen LogP contribution in [-0.2, 0) is 0 Å². The third kappa shape index (κ3) is 2.38. The van der Waals surface area contributed by atoms with Crippen molar-refractivity contribution in [3.63, 3.8) is 0 Å². The first-order chi connectivity index (χ1) is 9.74. The molecule has 0 spiro atoms. The summed E-state index contributed by atoms with van der Waals surface area (Å²) in [4.78, 5) is 23.3. The van der Waals surface area contributed by atoms with Crippen LogP contribution in [0, 0.1) is 0 Å². The molecule has 3 heterocycles. The number of fused-ring (bicyclic) bond motifs is 1. The van der Waals surface area contributed by atoms with Crippen LogP contribution in [-0.4, -0.2) is 20.9 Å². The lowest BCUT2D eigenvalue weighted by Gasteiger charge is -2.12. The van der Waals surface area contributed by atoms with E-state index in [2.05, 4.69) is 20.3 Å². The van der Waals surface area contributed by atoms with Crippen LogP contribution in [0.4, 0.5) is 0 Å². The van der Waals surface area contributed by atoms with Gasteiger partial charge in [0.2, 0.25) is 0 Å². The van der Waals surface area contributed by atoms with Gasteiger partial charge < -0.3 is 10.3 Å². The van der Waals surface area contributed by atoms with Crippen molar-refractivity contribution in [1.29, 1.82) is 0 Å². The molecular formula is C15H14N4O. The van der Waals surface area contributed by atoms with Crippen molar-refractivity contribution >= 4 is 16.8 Å². The Hall–Kier alpha value is -2.69. The van der Waals surface area contributed by atoms with Crippen LogP contribution >= 0.6 is 0 Å². The number of carbonyl (C=O) groups is 1. The minimum atomic E-state index is -0.137. The van der Waals surface area contributed by atoms with Crippen LogP contribution in [0.25, 0.3) is 10.9 Å². The van der Waals surface area contributed by atoms with Crippen LogP contribution < -0.4 is 5.32 Å². The van der Waals surface area contributed by atoms with E-state index in [4.69, 9.17) is 0 Å². The number of nitrogens with one attached hydrogen (secondary N) is 2. The minimum absolute atomic E-state index is 0.116. The Kier molecular flexibility index (Phi) is 3.16. The van der Waals surface area contributed by atoms with Gasteiger partial charge in [0.1, 0.15) is 0 Å². The molecule has 0 aliphatic rings. The fourth-order valence-corrected chi connectivity index (χ4v) is 2.08. The number of aromatic nitrogens is 3. The monoisotopic (exact) mass is 266 g/mol. The zero-order valence-electron chi connectivity index (χ0n) is 11.0. The first kappa shape index (κ1) is 12.3. The molecule has 0 fully saturated rings. The van der Waals surface area contributed by atoms with Gasteiger partial charge in [-0.25, -0.2) is 0 Å². The first-order valence-electron chi connectivity index (χ1n) is 6.37. The minimum Gasteiger partial charge on any atom is -0.355 e. The number of rotatable bonds is 3. The van der Waals surface area contributed by atoms with E-state index in [1.807, 2.05) is 19.1 Å². The van der Waals surface area contributed by atoms with Crippen LogP contribution in [0.15, 0.2) is 49.1 Å². The molecule has 1 atom stereocenters. The zero-order chi connectivity index (χ0) is 13.9. The molecule has 3 aromatic rings. The molecule has 1 amide bonds. The lowest BCUT2D eigenvalue weighted by molar-refractivity contribution is 0.0939. The summed E-state index contributed by atoms with van der Waals surface area (Å²) in [6.07, 6.45) is 6.72. The number of pyridine rings is 2. The van der Waals surface area contributed by atoms with Crippen LogP contribution in [0.2, 0.25) is 0 Å². The molecule has 3 rings (SSSR count). The molecule has 0 saturated carbocycles. The van der Waals surface area contributed by atoms with E-state index >= 15 is 0 Å². The quantitative estimate of drug-likeness (QED) is 0.765. The second-order valence-electron chi connectivity index (χ2n) is 4.62. The molecule has 0 aliphatic carbocycles. The van der Waals surface area contributed by atoms with E-state index in [1.165, 1.54) is 0 Å². The molecule has 100 valence electrons. The molecule has 0 unspecified atom stereocenters. The number of amides is 1. The largest absolute Gasteiger partial charge is 0.355 e. The highest BCUT2D eigenvalue weighted by Gasteiger charge is 2.13. The topological polar surface area (TPSA) is 70.7 Å². The molecular weight excluding hydrogens is 252 g/mol. The molecule has 0 radical (unpaired) electrons. The Morgan fingerprint density at radius 3 is 2.85 bits per heavy atom. The Morgan fingerprint density at radius 2 is 2.10 bits per heavy atom. The zero-order valence-corrected chi connectivity index (χ0v) is 11.0. The SMILES string of the molecule is C[C@H](NC(=O)c1cccnc1)c1cc2ccncc2[nH]1. The van der Waals surface area contributed by atoms with Crippen LogP contribution in [0.1, 0.15) is 29.0 Å². The van der Waals surface area contributed by atoms with Crippen molar-refractivity contribution in [2.24, 2.45) is 0 Å². The summed E-state index contributed by atoms with van der Waals surface area (Å²) in [5, 5.41) is 4.02. The number of nitrogens with zero attached hydrogens (tertiary/aromatic N) is 2. The van der Waals surface area contributed by atoms with E-state index in [0.29, 0.717) is 5.56 Å². The van der Waals surface area contributed by atoms with Gasteiger partial charge in [-0.15, -0.1) is 0 Å². The molecule has 3 aromatic heterocycles. The highest BCUT2D eigenvalue weighted by molar-refractivity contribution is 5.94. The summed E-state index contributed by atoms with van der Waals surface area (Å²) < 4.78 is 0. The molecule has 0 saturated heterocycles. The Morgan fingerprint density at radius 1 is 1.25 bits per heavy atom. The van der Waals surface area contributed by atoms with Gasteiger partial charge in [-0.05, 0) is 31.2 Å². The third-order valence-electron chi connectivity index (χ3n) is 3.18.